The molecule has 0 heteroatoms. The van der Waals surface area contributed by atoms with E-state index in [0.717, 1.165) is 18.3 Å². The molecule has 0 N–H and O–H groups in total. The topological polar surface area (TPSA) is 0 Å². The SMILES string of the molecule is CCc1ccc(CC2CCCC(C)C2)cc1. The van der Waals surface area contributed by atoms with Crippen molar-refractivity contribution < 1.29 is 0 Å². The Labute approximate surface area is 100 Å². The molecule has 0 aromatic heterocycles. The Morgan fingerprint density at radius 1 is 1.06 bits per heavy atom. The van der Waals surface area contributed by atoms with Crippen molar-refractivity contribution in [1.82, 2.24) is 0 Å². The molecule has 1 aromatic carbocycles. The first-order valence-electron chi connectivity index (χ1n) is 6.85. The Morgan fingerprint density at radius 3 is 2.38 bits per heavy atom. The van der Waals surface area contributed by atoms with Crippen LogP contribution in [0.1, 0.15) is 50.7 Å². The van der Waals surface area contributed by atoms with E-state index in [2.05, 4.69) is 38.1 Å². The van der Waals surface area contributed by atoms with Gasteiger partial charge in [-0.1, -0.05) is 57.4 Å². The fourth-order valence-corrected chi connectivity index (χ4v) is 2.99. The van der Waals surface area contributed by atoms with Crippen molar-refractivity contribution in [1.29, 1.82) is 0 Å². The summed E-state index contributed by atoms with van der Waals surface area (Å²) in [5, 5.41) is 0. The Hall–Kier alpha value is -0.780. The van der Waals surface area contributed by atoms with Crippen molar-refractivity contribution in [3.05, 3.63) is 35.4 Å². The molecule has 1 aliphatic rings. The predicted molar refractivity (Wildman–Crippen MR) is 70.6 cm³/mol. The summed E-state index contributed by atoms with van der Waals surface area (Å²) >= 11 is 0. The lowest BCUT2D eigenvalue weighted by Gasteiger charge is -2.26. The first-order chi connectivity index (χ1) is 7.78. The minimum absolute atomic E-state index is 0.941. The molecule has 0 amide bonds. The number of rotatable bonds is 3. The smallest absolute Gasteiger partial charge is 0.0250 e. The number of aryl methyl sites for hydroxylation is 1. The minimum Gasteiger partial charge on any atom is -0.0625 e. The fraction of sp³-hybridized carbons (Fsp3) is 0.625. The zero-order valence-corrected chi connectivity index (χ0v) is 10.7. The standard InChI is InChI=1S/C16H24/c1-3-14-7-9-15(10-8-14)12-16-6-4-5-13(2)11-16/h7-10,13,16H,3-6,11-12H2,1-2H3. The Morgan fingerprint density at radius 2 is 1.75 bits per heavy atom. The van der Waals surface area contributed by atoms with Crippen molar-refractivity contribution in [3.8, 4) is 0 Å². The fourth-order valence-electron chi connectivity index (χ4n) is 2.99. The lowest BCUT2D eigenvalue weighted by Crippen LogP contribution is -2.15. The molecule has 1 fully saturated rings. The van der Waals surface area contributed by atoms with Gasteiger partial charge in [0, 0.05) is 0 Å². The van der Waals surface area contributed by atoms with Gasteiger partial charge in [0.15, 0.2) is 0 Å². The van der Waals surface area contributed by atoms with Gasteiger partial charge >= 0.3 is 0 Å². The summed E-state index contributed by atoms with van der Waals surface area (Å²) < 4.78 is 0. The Kier molecular flexibility index (Phi) is 4.04. The molecule has 16 heavy (non-hydrogen) atoms. The summed E-state index contributed by atoms with van der Waals surface area (Å²) in [6.07, 6.45) is 8.23. The van der Waals surface area contributed by atoms with Gasteiger partial charge in [0.2, 0.25) is 0 Å². The van der Waals surface area contributed by atoms with Crippen LogP contribution in [0.2, 0.25) is 0 Å². The maximum atomic E-state index is 2.41. The second-order valence-electron chi connectivity index (χ2n) is 5.51. The molecule has 0 heterocycles. The van der Waals surface area contributed by atoms with E-state index in [9.17, 15) is 0 Å². The van der Waals surface area contributed by atoms with Gasteiger partial charge < -0.3 is 0 Å². The molecule has 1 saturated carbocycles. The van der Waals surface area contributed by atoms with Crippen LogP contribution in [0.3, 0.4) is 0 Å². The Bertz CT molecular complexity index is 309. The number of hydrogen-bond donors (Lipinski definition) is 0. The quantitative estimate of drug-likeness (QED) is 0.691. The van der Waals surface area contributed by atoms with Crippen molar-refractivity contribution in [2.75, 3.05) is 0 Å². The van der Waals surface area contributed by atoms with Crippen molar-refractivity contribution in [2.45, 2.75) is 52.4 Å². The Balaban J connectivity index is 1.92. The molecule has 0 radical (unpaired) electrons. The molecule has 0 saturated heterocycles. The number of benzene rings is 1. The maximum absolute atomic E-state index is 2.41. The van der Waals surface area contributed by atoms with Gasteiger partial charge in [0.1, 0.15) is 0 Å². The molecular formula is C16H24. The highest BCUT2D eigenvalue weighted by Gasteiger charge is 2.18. The van der Waals surface area contributed by atoms with Crippen LogP contribution in [-0.4, -0.2) is 0 Å². The molecule has 0 nitrogen and oxygen atoms in total. The normalized spacial score (nSPS) is 25.6. The van der Waals surface area contributed by atoms with Gasteiger partial charge in [0.05, 0.1) is 0 Å². The summed E-state index contributed by atoms with van der Waals surface area (Å²) in [7, 11) is 0. The van der Waals surface area contributed by atoms with E-state index in [0.29, 0.717) is 0 Å². The highest BCUT2D eigenvalue weighted by molar-refractivity contribution is 5.22. The average molecular weight is 216 g/mol. The van der Waals surface area contributed by atoms with Gasteiger partial charge in [-0.15, -0.1) is 0 Å². The summed E-state index contributed by atoms with van der Waals surface area (Å²) in [5.41, 5.74) is 3.00. The van der Waals surface area contributed by atoms with E-state index in [-0.39, 0.29) is 0 Å². The first kappa shape index (κ1) is 11.7. The largest absolute Gasteiger partial charge is 0.0625 e. The summed E-state index contributed by atoms with van der Waals surface area (Å²) in [6, 6.07) is 9.25. The molecule has 2 atom stereocenters. The third-order valence-corrected chi connectivity index (χ3v) is 4.00. The summed E-state index contributed by atoms with van der Waals surface area (Å²) in [4.78, 5) is 0. The molecule has 88 valence electrons. The highest BCUT2D eigenvalue weighted by Crippen LogP contribution is 2.30. The second-order valence-corrected chi connectivity index (χ2v) is 5.51. The molecule has 2 unspecified atom stereocenters. The van der Waals surface area contributed by atoms with E-state index in [1.165, 1.54) is 43.2 Å². The predicted octanol–water partition coefficient (Wildman–Crippen LogP) is 4.62. The van der Waals surface area contributed by atoms with Crippen LogP contribution in [0.4, 0.5) is 0 Å². The lowest BCUT2D eigenvalue weighted by molar-refractivity contribution is 0.281. The summed E-state index contributed by atoms with van der Waals surface area (Å²) in [6.45, 7) is 4.63. The number of hydrogen-bond acceptors (Lipinski definition) is 0. The van der Waals surface area contributed by atoms with E-state index < -0.39 is 0 Å². The minimum atomic E-state index is 0.941. The second kappa shape index (κ2) is 5.52. The molecule has 1 aromatic rings. The molecule has 0 bridgehead atoms. The van der Waals surface area contributed by atoms with Crippen molar-refractivity contribution >= 4 is 0 Å². The van der Waals surface area contributed by atoms with Crippen LogP contribution in [0, 0.1) is 11.8 Å². The molecule has 0 spiro atoms. The van der Waals surface area contributed by atoms with Crippen LogP contribution in [0.5, 0.6) is 0 Å². The third-order valence-electron chi connectivity index (χ3n) is 4.00. The van der Waals surface area contributed by atoms with Gasteiger partial charge in [-0.25, -0.2) is 0 Å². The van der Waals surface area contributed by atoms with Crippen molar-refractivity contribution in [3.63, 3.8) is 0 Å². The van der Waals surface area contributed by atoms with Crippen molar-refractivity contribution in [2.24, 2.45) is 11.8 Å². The zero-order valence-electron chi connectivity index (χ0n) is 10.7. The van der Waals surface area contributed by atoms with Gasteiger partial charge in [-0.3, -0.25) is 0 Å². The molecule has 1 aliphatic carbocycles. The highest BCUT2D eigenvalue weighted by atomic mass is 14.2. The maximum Gasteiger partial charge on any atom is -0.0250 e. The van der Waals surface area contributed by atoms with Crippen LogP contribution in [0.25, 0.3) is 0 Å². The average Bonchev–Trinajstić information content (AvgIpc) is 2.30. The van der Waals surface area contributed by atoms with Crippen LogP contribution in [-0.2, 0) is 12.8 Å². The molecule has 0 aliphatic heterocycles. The van der Waals surface area contributed by atoms with Crippen LogP contribution >= 0.6 is 0 Å². The molecule has 2 rings (SSSR count). The monoisotopic (exact) mass is 216 g/mol. The van der Waals surface area contributed by atoms with Gasteiger partial charge in [-0.2, -0.15) is 0 Å². The first-order valence-corrected chi connectivity index (χ1v) is 6.85. The van der Waals surface area contributed by atoms with E-state index in [4.69, 9.17) is 0 Å². The molecular weight excluding hydrogens is 192 g/mol. The van der Waals surface area contributed by atoms with E-state index >= 15 is 0 Å². The van der Waals surface area contributed by atoms with E-state index in [1.807, 2.05) is 0 Å². The van der Waals surface area contributed by atoms with Crippen LogP contribution < -0.4 is 0 Å². The van der Waals surface area contributed by atoms with Crippen LogP contribution in [0.15, 0.2) is 24.3 Å². The van der Waals surface area contributed by atoms with Gasteiger partial charge in [0.25, 0.3) is 0 Å². The third kappa shape index (κ3) is 3.10. The lowest BCUT2D eigenvalue weighted by atomic mass is 9.79. The zero-order chi connectivity index (χ0) is 11.4. The summed E-state index contributed by atoms with van der Waals surface area (Å²) in [5.74, 6) is 1.89. The van der Waals surface area contributed by atoms with E-state index in [1.54, 1.807) is 0 Å². The van der Waals surface area contributed by atoms with Gasteiger partial charge in [-0.05, 0) is 42.2 Å².